The molecular formula is C17H24N4. The van der Waals surface area contributed by atoms with Crippen LogP contribution in [0.5, 0.6) is 0 Å². The highest BCUT2D eigenvalue weighted by atomic mass is 15.2. The van der Waals surface area contributed by atoms with Gasteiger partial charge >= 0.3 is 0 Å². The molecule has 1 N–H and O–H groups in total. The lowest BCUT2D eigenvalue weighted by Gasteiger charge is -2.24. The van der Waals surface area contributed by atoms with Gasteiger partial charge in [0.05, 0.1) is 0 Å². The van der Waals surface area contributed by atoms with Crippen LogP contribution in [0.1, 0.15) is 29.4 Å². The van der Waals surface area contributed by atoms with Crippen LogP contribution in [0, 0.1) is 27.7 Å². The first kappa shape index (κ1) is 15.3. The second kappa shape index (κ2) is 6.12. The lowest BCUT2D eigenvalue weighted by Crippen LogP contribution is -2.17. The van der Waals surface area contributed by atoms with Crippen LogP contribution in [0.15, 0.2) is 18.2 Å². The van der Waals surface area contributed by atoms with Crippen LogP contribution >= 0.6 is 0 Å². The molecule has 1 heterocycles. The molecule has 0 radical (unpaired) electrons. The Kier molecular flexibility index (Phi) is 4.46. The van der Waals surface area contributed by atoms with E-state index in [-0.39, 0.29) is 0 Å². The van der Waals surface area contributed by atoms with E-state index in [0.29, 0.717) is 0 Å². The van der Waals surface area contributed by atoms with Gasteiger partial charge in [-0.2, -0.15) is 0 Å². The fourth-order valence-corrected chi connectivity index (χ4v) is 2.58. The zero-order chi connectivity index (χ0) is 15.6. The second-order valence-corrected chi connectivity index (χ2v) is 5.45. The first-order valence-electron chi connectivity index (χ1n) is 7.34. The minimum absolute atomic E-state index is 0.781. The van der Waals surface area contributed by atoms with Crippen molar-refractivity contribution in [2.24, 2.45) is 0 Å². The Hall–Kier alpha value is -2.10. The Labute approximate surface area is 127 Å². The van der Waals surface area contributed by atoms with Crippen molar-refractivity contribution in [3.05, 3.63) is 40.7 Å². The van der Waals surface area contributed by atoms with E-state index in [4.69, 9.17) is 0 Å². The molecule has 1 aromatic carbocycles. The molecule has 0 aliphatic carbocycles. The first-order chi connectivity index (χ1) is 9.93. The number of aromatic nitrogens is 2. The van der Waals surface area contributed by atoms with Crippen LogP contribution < -0.4 is 10.2 Å². The number of hydrogen-bond acceptors (Lipinski definition) is 4. The molecule has 112 valence electrons. The average molecular weight is 284 g/mol. The maximum absolute atomic E-state index is 4.63. The van der Waals surface area contributed by atoms with E-state index in [0.717, 1.165) is 29.6 Å². The summed E-state index contributed by atoms with van der Waals surface area (Å²) in [5.41, 5.74) is 4.76. The monoisotopic (exact) mass is 284 g/mol. The smallest absolute Gasteiger partial charge is 0.141 e. The molecule has 4 nitrogen and oxygen atoms in total. The fraction of sp³-hybridized carbons (Fsp3) is 0.412. The number of nitrogens with zero attached hydrogens (tertiary/aromatic N) is 3. The van der Waals surface area contributed by atoms with Gasteiger partial charge in [-0.05, 0) is 46.2 Å². The van der Waals surface area contributed by atoms with Crippen molar-refractivity contribution in [1.29, 1.82) is 0 Å². The summed E-state index contributed by atoms with van der Waals surface area (Å²) in [6, 6.07) is 6.47. The Morgan fingerprint density at radius 2 is 1.81 bits per heavy atom. The summed E-state index contributed by atoms with van der Waals surface area (Å²) in [6.07, 6.45) is 0. The van der Waals surface area contributed by atoms with Crippen LogP contribution in [-0.4, -0.2) is 23.6 Å². The molecule has 0 saturated heterocycles. The van der Waals surface area contributed by atoms with Crippen LogP contribution in [0.4, 0.5) is 17.3 Å². The summed E-state index contributed by atoms with van der Waals surface area (Å²) in [5, 5.41) is 3.31. The van der Waals surface area contributed by atoms with Gasteiger partial charge in [0.25, 0.3) is 0 Å². The summed E-state index contributed by atoms with van der Waals surface area (Å²) in [6.45, 7) is 11.2. The van der Waals surface area contributed by atoms with E-state index in [1.54, 1.807) is 0 Å². The molecule has 0 unspecified atom stereocenters. The SMILES string of the molecule is CCNc1nc(C)nc(N(C)c2ccc(C)cc2C)c1C. The third-order valence-corrected chi connectivity index (χ3v) is 3.61. The first-order valence-corrected chi connectivity index (χ1v) is 7.34. The molecule has 0 atom stereocenters. The van der Waals surface area contributed by atoms with Gasteiger partial charge in [0.1, 0.15) is 17.5 Å². The number of anilines is 3. The summed E-state index contributed by atoms with van der Waals surface area (Å²) in [4.78, 5) is 11.3. The van der Waals surface area contributed by atoms with Gasteiger partial charge in [-0.1, -0.05) is 17.7 Å². The number of rotatable bonds is 4. The van der Waals surface area contributed by atoms with E-state index < -0.39 is 0 Å². The quantitative estimate of drug-likeness (QED) is 0.924. The molecule has 0 aliphatic rings. The highest BCUT2D eigenvalue weighted by Gasteiger charge is 2.15. The molecule has 0 spiro atoms. The van der Waals surface area contributed by atoms with Crippen molar-refractivity contribution in [1.82, 2.24) is 9.97 Å². The largest absolute Gasteiger partial charge is 0.370 e. The molecule has 1 aromatic heterocycles. The number of aryl methyl sites for hydroxylation is 3. The van der Waals surface area contributed by atoms with Crippen LogP contribution in [0.3, 0.4) is 0 Å². The van der Waals surface area contributed by atoms with Gasteiger partial charge in [0, 0.05) is 24.8 Å². The molecule has 0 fully saturated rings. The van der Waals surface area contributed by atoms with Gasteiger partial charge in [-0.25, -0.2) is 9.97 Å². The number of nitrogens with one attached hydrogen (secondary N) is 1. The van der Waals surface area contributed by atoms with Crippen molar-refractivity contribution in [2.75, 3.05) is 23.8 Å². The van der Waals surface area contributed by atoms with E-state index in [1.807, 2.05) is 6.92 Å². The fourth-order valence-electron chi connectivity index (χ4n) is 2.58. The Morgan fingerprint density at radius 3 is 2.43 bits per heavy atom. The van der Waals surface area contributed by atoms with Crippen molar-refractivity contribution < 1.29 is 0 Å². The molecule has 0 aliphatic heterocycles. The zero-order valence-electron chi connectivity index (χ0n) is 13.8. The Morgan fingerprint density at radius 1 is 1.10 bits per heavy atom. The molecule has 4 heteroatoms. The van der Waals surface area contributed by atoms with Crippen LogP contribution in [0.2, 0.25) is 0 Å². The lowest BCUT2D eigenvalue weighted by atomic mass is 10.1. The van der Waals surface area contributed by atoms with Crippen molar-refractivity contribution >= 4 is 17.3 Å². The molecule has 21 heavy (non-hydrogen) atoms. The molecule has 2 aromatic rings. The summed E-state index contributed by atoms with van der Waals surface area (Å²) in [7, 11) is 2.06. The summed E-state index contributed by atoms with van der Waals surface area (Å²) >= 11 is 0. The van der Waals surface area contributed by atoms with Gasteiger partial charge in [-0.3, -0.25) is 0 Å². The maximum Gasteiger partial charge on any atom is 0.141 e. The minimum atomic E-state index is 0.781. The zero-order valence-corrected chi connectivity index (χ0v) is 13.8. The number of benzene rings is 1. The normalized spacial score (nSPS) is 10.6. The van der Waals surface area contributed by atoms with Crippen LogP contribution in [-0.2, 0) is 0 Å². The maximum atomic E-state index is 4.63. The van der Waals surface area contributed by atoms with Gasteiger partial charge < -0.3 is 10.2 Å². The summed E-state index contributed by atoms with van der Waals surface area (Å²) in [5.74, 6) is 2.64. The number of hydrogen-bond donors (Lipinski definition) is 1. The predicted octanol–water partition coefficient (Wildman–Crippen LogP) is 3.91. The molecule has 0 saturated carbocycles. The highest BCUT2D eigenvalue weighted by molar-refractivity contribution is 5.69. The van der Waals surface area contributed by atoms with Gasteiger partial charge in [0.2, 0.25) is 0 Å². The van der Waals surface area contributed by atoms with Crippen LogP contribution in [0.25, 0.3) is 0 Å². The van der Waals surface area contributed by atoms with Gasteiger partial charge in [0.15, 0.2) is 0 Å². The second-order valence-electron chi connectivity index (χ2n) is 5.45. The summed E-state index contributed by atoms with van der Waals surface area (Å²) < 4.78 is 0. The molecule has 0 bridgehead atoms. The van der Waals surface area contributed by atoms with E-state index in [2.05, 4.69) is 73.1 Å². The third-order valence-electron chi connectivity index (χ3n) is 3.61. The van der Waals surface area contributed by atoms with Gasteiger partial charge in [-0.15, -0.1) is 0 Å². The van der Waals surface area contributed by atoms with E-state index in [9.17, 15) is 0 Å². The Balaban J connectivity index is 2.49. The highest BCUT2D eigenvalue weighted by Crippen LogP contribution is 2.30. The third kappa shape index (κ3) is 3.15. The van der Waals surface area contributed by atoms with Crippen molar-refractivity contribution in [3.8, 4) is 0 Å². The molecule has 0 amide bonds. The van der Waals surface area contributed by atoms with E-state index >= 15 is 0 Å². The predicted molar refractivity (Wildman–Crippen MR) is 89.6 cm³/mol. The topological polar surface area (TPSA) is 41.1 Å². The molecular weight excluding hydrogens is 260 g/mol. The average Bonchev–Trinajstić information content (AvgIpc) is 2.42. The Bertz CT molecular complexity index is 649. The minimum Gasteiger partial charge on any atom is -0.370 e. The standard InChI is InChI=1S/C17H24N4/c1-7-18-16-13(4)17(20-14(5)19-16)21(6)15-9-8-11(2)10-12(15)3/h8-10H,7H2,1-6H3,(H,18,19,20). The lowest BCUT2D eigenvalue weighted by molar-refractivity contribution is 0.980. The molecule has 2 rings (SSSR count). The van der Waals surface area contributed by atoms with E-state index in [1.165, 1.54) is 16.8 Å². The van der Waals surface area contributed by atoms with Crippen molar-refractivity contribution in [2.45, 2.75) is 34.6 Å². The van der Waals surface area contributed by atoms with Crippen molar-refractivity contribution in [3.63, 3.8) is 0 Å².